The monoisotopic (exact) mass is 360 g/mol. The van der Waals surface area contributed by atoms with E-state index in [0.717, 1.165) is 24.4 Å². The van der Waals surface area contributed by atoms with Crippen LogP contribution in [0.25, 0.3) is 0 Å². The van der Waals surface area contributed by atoms with Crippen LogP contribution in [-0.2, 0) is 14.9 Å². The first kappa shape index (κ1) is 20.2. The van der Waals surface area contributed by atoms with Crippen molar-refractivity contribution in [2.45, 2.75) is 38.1 Å². The maximum Gasteiger partial charge on any atom is 0.239 e. The Balaban J connectivity index is 0.00000264. The fraction of sp³-hybridized carbons (Fsp3) is 0.588. The Morgan fingerprint density at radius 3 is 2.52 bits per heavy atom. The van der Waals surface area contributed by atoms with E-state index in [0.29, 0.717) is 19.8 Å². The number of rotatable bonds is 6. The lowest BCUT2D eigenvalue weighted by atomic mass is 9.75. The predicted octanol–water partition coefficient (Wildman–Crippen LogP) is 2.92. The smallest absolute Gasteiger partial charge is 0.239 e. The van der Waals surface area contributed by atoms with Gasteiger partial charge in [0.15, 0.2) is 0 Å². The summed E-state index contributed by atoms with van der Waals surface area (Å²) in [4.78, 5) is 12.3. The van der Waals surface area contributed by atoms with Crippen molar-refractivity contribution in [1.82, 2.24) is 10.6 Å². The van der Waals surface area contributed by atoms with Gasteiger partial charge >= 0.3 is 0 Å². The molecule has 1 saturated heterocycles. The highest BCUT2D eigenvalue weighted by Gasteiger charge is 2.30. The Hall–Kier alpha value is -0.810. The Morgan fingerprint density at radius 2 is 2.00 bits per heavy atom. The van der Waals surface area contributed by atoms with E-state index in [9.17, 15) is 4.79 Å². The van der Waals surface area contributed by atoms with E-state index in [4.69, 9.17) is 16.3 Å². The number of morpholine rings is 1. The molecule has 1 aromatic rings. The van der Waals surface area contributed by atoms with Gasteiger partial charge in [0.05, 0.1) is 13.2 Å². The van der Waals surface area contributed by atoms with Crippen LogP contribution in [0.5, 0.6) is 0 Å². The fourth-order valence-electron chi connectivity index (χ4n) is 2.93. The van der Waals surface area contributed by atoms with E-state index < -0.39 is 0 Å². The van der Waals surface area contributed by atoms with Gasteiger partial charge in [0, 0.05) is 23.5 Å². The number of halogens is 2. The predicted molar refractivity (Wildman–Crippen MR) is 96.6 cm³/mol. The molecule has 0 spiro atoms. The van der Waals surface area contributed by atoms with Crippen LogP contribution in [0.3, 0.4) is 0 Å². The fourth-order valence-corrected chi connectivity index (χ4v) is 3.05. The van der Waals surface area contributed by atoms with Crippen molar-refractivity contribution >= 4 is 29.9 Å². The number of hydrogen-bond acceptors (Lipinski definition) is 3. The summed E-state index contributed by atoms with van der Waals surface area (Å²) in [5, 5.41) is 7.01. The molecule has 0 bridgehead atoms. The van der Waals surface area contributed by atoms with Crippen LogP contribution < -0.4 is 10.6 Å². The number of ether oxygens (including phenoxy) is 1. The van der Waals surface area contributed by atoms with Crippen molar-refractivity contribution in [3.8, 4) is 0 Å². The van der Waals surface area contributed by atoms with Gasteiger partial charge in [-0.1, -0.05) is 37.6 Å². The van der Waals surface area contributed by atoms with Gasteiger partial charge < -0.3 is 15.4 Å². The molecule has 1 aliphatic heterocycles. The summed E-state index contributed by atoms with van der Waals surface area (Å²) in [7, 11) is 0. The van der Waals surface area contributed by atoms with Gasteiger partial charge in [-0.05, 0) is 30.5 Å². The quantitative estimate of drug-likeness (QED) is 0.819. The van der Waals surface area contributed by atoms with Crippen LogP contribution in [0.2, 0.25) is 5.02 Å². The standard InChI is InChI=1S/C17H25ClN2O2.ClH/c1-3-17(4-2,13-5-7-14(18)8-6-13)12-20-16(21)15-11-22-10-9-19-15;/h5-8,15,19H,3-4,9-12H2,1-2H3,(H,20,21);1H. The van der Waals surface area contributed by atoms with Crippen molar-refractivity contribution in [3.63, 3.8) is 0 Å². The molecule has 130 valence electrons. The molecule has 6 heteroatoms. The van der Waals surface area contributed by atoms with Gasteiger partial charge in [-0.3, -0.25) is 4.79 Å². The summed E-state index contributed by atoms with van der Waals surface area (Å²) in [6, 6.07) is 7.70. The second-order valence-corrected chi connectivity index (χ2v) is 6.23. The summed E-state index contributed by atoms with van der Waals surface area (Å²) < 4.78 is 5.35. The van der Waals surface area contributed by atoms with Crippen LogP contribution in [0.1, 0.15) is 32.3 Å². The summed E-state index contributed by atoms with van der Waals surface area (Å²) in [6.45, 7) is 6.78. The Morgan fingerprint density at radius 1 is 1.35 bits per heavy atom. The van der Waals surface area contributed by atoms with E-state index in [1.54, 1.807) is 0 Å². The largest absolute Gasteiger partial charge is 0.378 e. The van der Waals surface area contributed by atoms with Crippen molar-refractivity contribution in [2.75, 3.05) is 26.3 Å². The number of nitrogens with one attached hydrogen (secondary N) is 2. The van der Waals surface area contributed by atoms with Crippen molar-refractivity contribution in [2.24, 2.45) is 0 Å². The van der Waals surface area contributed by atoms with Gasteiger partial charge in [0.2, 0.25) is 5.91 Å². The molecular formula is C17H26Cl2N2O2. The Kier molecular flexibility index (Phi) is 8.34. The molecule has 1 aromatic carbocycles. The highest BCUT2D eigenvalue weighted by Crippen LogP contribution is 2.31. The molecule has 1 fully saturated rings. The SMILES string of the molecule is CCC(CC)(CNC(=O)C1COCCN1)c1ccc(Cl)cc1.Cl. The second kappa shape index (κ2) is 9.48. The molecule has 1 atom stereocenters. The first-order valence-electron chi connectivity index (χ1n) is 7.96. The molecule has 0 saturated carbocycles. The summed E-state index contributed by atoms with van der Waals surface area (Å²) >= 11 is 5.99. The highest BCUT2D eigenvalue weighted by atomic mass is 35.5. The van der Waals surface area contributed by atoms with E-state index >= 15 is 0 Å². The zero-order valence-corrected chi connectivity index (χ0v) is 15.3. The number of hydrogen-bond donors (Lipinski definition) is 2. The van der Waals surface area contributed by atoms with Gasteiger partial charge in [0.25, 0.3) is 0 Å². The minimum Gasteiger partial charge on any atom is -0.378 e. The molecule has 1 heterocycles. The molecule has 0 aromatic heterocycles. The topological polar surface area (TPSA) is 50.4 Å². The minimum atomic E-state index is -0.245. The first-order valence-corrected chi connectivity index (χ1v) is 8.34. The molecule has 4 nitrogen and oxygen atoms in total. The van der Waals surface area contributed by atoms with E-state index in [-0.39, 0.29) is 29.8 Å². The van der Waals surface area contributed by atoms with Crippen molar-refractivity contribution < 1.29 is 9.53 Å². The normalized spacial score (nSPS) is 18.1. The highest BCUT2D eigenvalue weighted by molar-refractivity contribution is 6.30. The molecule has 1 amide bonds. The van der Waals surface area contributed by atoms with Crippen molar-refractivity contribution in [3.05, 3.63) is 34.9 Å². The average molecular weight is 361 g/mol. The van der Waals surface area contributed by atoms with Crippen molar-refractivity contribution in [1.29, 1.82) is 0 Å². The maximum absolute atomic E-state index is 12.3. The van der Waals surface area contributed by atoms with Crippen LogP contribution in [0.4, 0.5) is 0 Å². The Labute approximate surface area is 149 Å². The lowest BCUT2D eigenvalue weighted by Crippen LogP contribution is -2.53. The number of carbonyl (C=O) groups is 1. The molecule has 0 aliphatic carbocycles. The van der Waals surface area contributed by atoms with E-state index in [2.05, 4.69) is 36.6 Å². The van der Waals surface area contributed by atoms with E-state index in [1.165, 1.54) is 5.56 Å². The van der Waals surface area contributed by atoms with Crippen LogP contribution in [-0.4, -0.2) is 38.3 Å². The zero-order chi connectivity index (χ0) is 16.0. The minimum absolute atomic E-state index is 0. The second-order valence-electron chi connectivity index (χ2n) is 5.79. The molecule has 2 N–H and O–H groups in total. The summed E-state index contributed by atoms with van der Waals surface area (Å²) in [5.41, 5.74) is 1.16. The molecule has 2 rings (SSSR count). The number of carbonyl (C=O) groups excluding carboxylic acids is 1. The third-order valence-electron chi connectivity index (χ3n) is 4.65. The zero-order valence-electron chi connectivity index (χ0n) is 13.7. The Bertz CT molecular complexity index is 484. The molecule has 23 heavy (non-hydrogen) atoms. The first-order chi connectivity index (χ1) is 10.6. The molecule has 1 unspecified atom stereocenters. The summed E-state index contributed by atoms with van der Waals surface area (Å²) in [6.07, 6.45) is 1.92. The average Bonchev–Trinajstić information content (AvgIpc) is 2.58. The van der Waals surface area contributed by atoms with Crippen LogP contribution in [0.15, 0.2) is 24.3 Å². The molecular weight excluding hydrogens is 335 g/mol. The third-order valence-corrected chi connectivity index (χ3v) is 4.90. The number of benzene rings is 1. The van der Waals surface area contributed by atoms with Gasteiger partial charge in [-0.25, -0.2) is 0 Å². The lowest BCUT2D eigenvalue weighted by Gasteiger charge is -2.33. The molecule has 0 radical (unpaired) electrons. The molecule has 1 aliphatic rings. The van der Waals surface area contributed by atoms with Gasteiger partial charge in [0.1, 0.15) is 6.04 Å². The van der Waals surface area contributed by atoms with E-state index in [1.807, 2.05) is 12.1 Å². The van der Waals surface area contributed by atoms with Gasteiger partial charge in [-0.2, -0.15) is 0 Å². The van der Waals surface area contributed by atoms with Gasteiger partial charge in [-0.15, -0.1) is 12.4 Å². The third kappa shape index (κ3) is 5.08. The summed E-state index contributed by atoms with van der Waals surface area (Å²) in [5.74, 6) is 0.0138. The maximum atomic E-state index is 12.3. The number of amides is 1. The lowest BCUT2D eigenvalue weighted by molar-refractivity contribution is -0.126. The van der Waals surface area contributed by atoms with Crippen LogP contribution in [0, 0.1) is 0 Å². The van der Waals surface area contributed by atoms with Crippen LogP contribution >= 0.6 is 24.0 Å².